The van der Waals surface area contributed by atoms with E-state index in [4.69, 9.17) is 4.74 Å². The first-order chi connectivity index (χ1) is 17.6. The minimum atomic E-state index is -0.483. The normalized spacial score (nSPS) is 14.3. The average molecular weight is 487 g/mol. The molecule has 6 nitrogen and oxygen atoms in total. The average Bonchev–Trinajstić information content (AvgIpc) is 3.33. The number of aromatic nitrogens is 2. The second-order valence-electron chi connectivity index (χ2n) is 9.04. The molecule has 1 amide bonds. The molecule has 1 heterocycles. The Morgan fingerprint density at radius 2 is 2.00 bits per heavy atom. The van der Waals surface area contributed by atoms with Crippen molar-refractivity contribution in [2.75, 3.05) is 6.61 Å². The molecule has 0 radical (unpaired) electrons. The number of unbranched alkanes of at least 4 members (excludes halogenated alkanes) is 1. The first-order valence-electron chi connectivity index (χ1n) is 12.6. The molecule has 0 aliphatic heterocycles. The molecule has 0 atom stereocenters. The fourth-order valence-corrected chi connectivity index (χ4v) is 4.34. The van der Waals surface area contributed by atoms with Crippen LogP contribution in [-0.2, 0) is 4.79 Å². The summed E-state index contributed by atoms with van der Waals surface area (Å²) in [6.45, 7) is 2.50. The van der Waals surface area contributed by atoms with Gasteiger partial charge in [0.15, 0.2) is 11.6 Å². The lowest BCUT2D eigenvalue weighted by atomic mass is 9.95. The zero-order valence-corrected chi connectivity index (χ0v) is 20.5. The number of hydrogen-bond acceptors (Lipinski definition) is 4. The topological polar surface area (TPSA) is 79.9 Å². The molecule has 1 fully saturated rings. The highest BCUT2D eigenvalue weighted by molar-refractivity contribution is 6.02. The van der Waals surface area contributed by atoms with Crippen molar-refractivity contribution in [1.82, 2.24) is 15.1 Å². The van der Waals surface area contributed by atoms with Crippen LogP contribution in [0.25, 0.3) is 23.0 Å². The number of halogens is 1. The minimum Gasteiger partial charge on any atom is -0.491 e. The van der Waals surface area contributed by atoms with Gasteiger partial charge in [-0.3, -0.25) is 4.79 Å². The van der Waals surface area contributed by atoms with Crippen molar-refractivity contribution in [1.29, 1.82) is 5.26 Å². The second kappa shape index (κ2) is 12.2. The van der Waals surface area contributed by atoms with Gasteiger partial charge in [0.05, 0.1) is 12.3 Å². The third kappa shape index (κ3) is 6.19. The Bertz CT molecular complexity index is 1250. The summed E-state index contributed by atoms with van der Waals surface area (Å²) in [5.74, 6) is -0.687. The summed E-state index contributed by atoms with van der Waals surface area (Å²) in [5, 5.41) is 17.5. The van der Waals surface area contributed by atoms with Gasteiger partial charge < -0.3 is 10.1 Å². The number of para-hydroxylation sites is 1. The number of nitriles is 1. The van der Waals surface area contributed by atoms with Crippen LogP contribution >= 0.6 is 0 Å². The molecule has 0 bridgehead atoms. The molecule has 186 valence electrons. The van der Waals surface area contributed by atoms with Gasteiger partial charge in [-0.25, -0.2) is 9.07 Å². The number of carbonyl (C=O) groups is 1. The van der Waals surface area contributed by atoms with Crippen molar-refractivity contribution in [3.05, 3.63) is 71.7 Å². The van der Waals surface area contributed by atoms with E-state index in [1.165, 1.54) is 18.6 Å². The first kappa shape index (κ1) is 25.2. The van der Waals surface area contributed by atoms with Crippen molar-refractivity contribution in [2.45, 2.75) is 57.9 Å². The number of benzene rings is 2. The summed E-state index contributed by atoms with van der Waals surface area (Å²) in [5.41, 5.74) is 2.35. The SMILES string of the molecule is CCCCOc1ccc(-c2nn(-c3ccccc3)cc2/C=C(\C#N)C(=O)NC2CCCCC2)cc1F. The van der Waals surface area contributed by atoms with Gasteiger partial charge in [0.2, 0.25) is 0 Å². The number of nitrogens with zero attached hydrogens (tertiary/aromatic N) is 3. The van der Waals surface area contributed by atoms with E-state index in [9.17, 15) is 14.4 Å². The number of hydrogen-bond donors (Lipinski definition) is 1. The van der Waals surface area contributed by atoms with Gasteiger partial charge in [0.25, 0.3) is 5.91 Å². The first-order valence-corrected chi connectivity index (χ1v) is 12.6. The lowest BCUT2D eigenvalue weighted by molar-refractivity contribution is -0.117. The highest BCUT2D eigenvalue weighted by atomic mass is 19.1. The molecule has 36 heavy (non-hydrogen) atoms. The Morgan fingerprint density at radius 1 is 1.22 bits per heavy atom. The van der Waals surface area contributed by atoms with Crippen molar-refractivity contribution >= 4 is 12.0 Å². The fraction of sp³-hybridized carbons (Fsp3) is 0.345. The second-order valence-corrected chi connectivity index (χ2v) is 9.04. The molecule has 0 unspecified atom stereocenters. The summed E-state index contributed by atoms with van der Waals surface area (Å²) in [6, 6.07) is 16.3. The lowest BCUT2D eigenvalue weighted by Crippen LogP contribution is -2.36. The van der Waals surface area contributed by atoms with Gasteiger partial charge in [-0.1, -0.05) is 50.8 Å². The van der Waals surface area contributed by atoms with Crippen LogP contribution in [0.2, 0.25) is 0 Å². The van der Waals surface area contributed by atoms with Crippen LogP contribution in [0.4, 0.5) is 4.39 Å². The molecular weight excluding hydrogens is 455 g/mol. The largest absolute Gasteiger partial charge is 0.491 e. The van der Waals surface area contributed by atoms with E-state index in [1.54, 1.807) is 23.0 Å². The molecular formula is C29H31FN4O2. The molecule has 4 rings (SSSR count). The maximum Gasteiger partial charge on any atom is 0.262 e. The minimum absolute atomic E-state index is 0.00516. The van der Waals surface area contributed by atoms with Crippen molar-refractivity contribution in [3.63, 3.8) is 0 Å². The standard InChI is InChI=1S/C29H31FN4O2/c1-2-3-16-36-27-15-14-21(18-26(27)30)28-23(20-34(33-28)25-12-8-5-9-13-25)17-22(19-31)29(35)32-24-10-6-4-7-11-24/h5,8-9,12-15,17-18,20,24H,2-4,6-7,10-11,16H2,1H3,(H,32,35)/b22-17+. The molecule has 1 aliphatic carbocycles. The van der Waals surface area contributed by atoms with Crippen molar-refractivity contribution in [2.24, 2.45) is 0 Å². The zero-order valence-electron chi connectivity index (χ0n) is 20.5. The van der Waals surface area contributed by atoms with Crippen molar-refractivity contribution < 1.29 is 13.9 Å². The van der Waals surface area contributed by atoms with Crippen LogP contribution in [0.1, 0.15) is 57.4 Å². The van der Waals surface area contributed by atoms with Crippen LogP contribution in [0, 0.1) is 17.1 Å². The summed E-state index contributed by atoms with van der Waals surface area (Å²) >= 11 is 0. The van der Waals surface area contributed by atoms with Gasteiger partial charge in [-0.15, -0.1) is 0 Å². The zero-order chi connectivity index (χ0) is 25.3. The monoisotopic (exact) mass is 486 g/mol. The van der Waals surface area contributed by atoms with Crippen LogP contribution in [0.3, 0.4) is 0 Å². The van der Waals surface area contributed by atoms with Gasteiger partial charge in [-0.05, 0) is 55.7 Å². The quantitative estimate of drug-likeness (QED) is 0.221. The van der Waals surface area contributed by atoms with Crippen LogP contribution in [0.15, 0.2) is 60.3 Å². The Hall–Kier alpha value is -3.92. The van der Waals surface area contributed by atoms with Crippen LogP contribution in [0.5, 0.6) is 5.75 Å². The molecule has 1 aliphatic rings. The predicted octanol–water partition coefficient (Wildman–Crippen LogP) is 6.21. The lowest BCUT2D eigenvalue weighted by Gasteiger charge is -2.22. The maximum atomic E-state index is 14.9. The summed E-state index contributed by atoms with van der Waals surface area (Å²) < 4.78 is 22.1. The molecule has 1 saturated carbocycles. The van der Waals surface area contributed by atoms with E-state index < -0.39 is 11.7 Å². The van der Waals surface area contributed by atoms with E-state index in [2.05, 4.69) is 10.4 Å². The molecule has 2 aromatic carbocycles. The molecule has 0 saturated heterocycles. The van der Waals surface area contributed by atoms with Crippen LogP contribution < -0.4 is 10.1 Å². The van der Waals surface area contributed by atoms with Gasteiger partial charge >= 0.3 is 0 Å². The third-order valence-electron chi connectivity index (χ3n) is 6.33. The van der Waals surface area contributed by atoms with Crippen molar-refractivity contribution in [3.8, 4) is 28.8 Å². The molecule has 3 aromatic rings. The summed E-state index contributed by atoms with van der Waals surface area (Å²) in [7, 11) is 0. The highest BCUT2D eigenvalue weighted by Gasteiger charge is 2.20. The summed E-state index contributed by atoms with van der Waals surface area (Å²) in [6.07, 6.45) is 10.3. The summed E-state index contributed by atoms with van der Waals surface area (Å²) in [4.78, 5) is 12.9. The number of rotatable bonds is 9. The molecule has 1 N–H and O–H groups in total. The Balaban J connectivity index is 1.68. The Kier molecular flexibility index (Phi) is 8.51. The molecule has 1 aromatic heterocycles. The van der Waals surface area contributed by atoms with Gasteiger partial charge in [0, 0.05) is 23.4 Å². The molecule has 7 heteroatoms. The van der Waals surface area contributed by atoms with Crippen LogP contribution in [-0.4, -0.2) is 28.3 Å². The number of ether oxygens (including phenoxy) is 1. The third-order valence-corrected chi connectivity index (χ3v) is 6.33. The number of amides is 1. The van der Waals surface area contributed by atoms with E-state index in [-0.39, 0.29) is 17.4 Å². The van der Waals surface area contributed by atoms with E-state index in [0.717, 1.165) is 44.2 Å². The number of carbonyl (C=O) groups excluding carboxylic acids is 1. The van der Waals surface area contributed by atoms with E-state index in [0.29, 0.717) is 23.4 Å². The predicted molar refractivity (Wildman–Crippen MR) is 138 cm³/mol. The maximum absolute atomic E-state index is 14.9. The number of nitrogens with one attached hydrogen (secondary N) is 1. The van der Waals surface area contributed by atoms with Gasteiger partial charge in [0.1, 0.15) is 17.3 Å². The molecule has 0 spiro atoms. The Morgan fingerprint density at radius 3 is 2.69 bits per heavy atom. The van der Waals surface area contributed by atoms with E-state index >= 15 is 0 Å². The Labute approximate surface area is 211 Å². The van der Waals surface area contributed by atoms with E-state index in [1.807, 2.05) is 43.3 Å². The highest BCUT2D eigenvalue weighted by Crippen LogP contribution is 2.30. The fourth-order valence-electron chi connectivity index (χ4n) is 4.34. The smallest absolute Gasteiger partial charge is 0.262 e. The van der Waals surface area contributed by atoms with Gasteiger partial charge in [-0.2, -0.15) is 10.4 Å².